The lowest BCUT2D eigenvalue weighted by molar-refractivity contribution is -0.0917. The first-order valence-electron chi connectivity index (χ1n) is 12.6. The van der Waals surface area contributed by atoms with Crippen molar-refractivity contribution < 1.29 is 27.8 Å². The third kappa shape index (κ3) is 5.98. The molecule has 0 spiro atoms. The molecule has 1 aromatic carbocycles. The molecule has 2 aromatic heterocycles. The number of nitrogens with zero attached hydrogens (tertiary/aromatic N) is 3. The highest BCUT2D eigenvalue weighted by Crippen LogP contribution is 2.33. The summed E-state index contributed by atoms with van der Waals surface area (Å²) in [6.45, 7) is 6.97. The lowest BCUT2D eigenvalue weighted by Crippen LogP contribution is -2.37. The summed E-state index contributed by atoms with van der Waals surface area (Å²) in [5.41, 5.74) is 3.82. The van der Waals surface area contributed by atoms with E-state index in [1.807, 2.05) is 31.2 Å². The van der Waals surface area contributed by atoms with Crippen LogP contribution in [0.25, 0.3) is 11.1 Å². The Balaban J connectivity index is 1.47. The standard InChI is InChI=1S/C28H30F2N4O4/c1-18-3-4-21(32-27(35)19-5-6-31-25(14-19)28(2,29)30)16-22(18)20-13-23(24-17-37-11-12-38-24)33-26(15-20)34-7-9-36-10-8-34/h3-6,13-16,24H,7-12,17H2,1-2H3,(H,32,35). The van der Waals surface area contributed by atoms with Crippen LogP contribution in [0.1, 0.15) is 40.3 Å². The first-order valence-corrected chi connectivity index (χ1v) is 12.6. The fraction of sp³-hybridized carbons (Fsp3) is 0.393. The van der Waals surface area contributed by atoms with Gasteiger partial charge in [-0.2, -0.15) is 8.78 Å². The molecule has 2 aliphatic rings. The molecule has 0 bridgehead atoms. The summed E-state index contributed by atoms with van der Waals surface area (Å²) in [6.07, 6.45) is 0.939. The molecule has 3 aromatic rings. The zero-order valence-corrected chi connectivity index (χ0v) is 21.4. The fourth-order valence-corrected chi connectivity index (χ4v) is 4.50. The number of amides is 1. The number of halogens is 2. The molecule has 200 valence electrons. The largest absolute Gasteiger partial charge is 0.378 e. The van der Waals surface area contributed by atoms with Crippen LogP contribution in [0.2, 0.25) is 0 Å². The number of pyridine rings is 2. The van der Waals surface area contributed by atoms with Crippen LogP contribution in [-0.4, -0.2) is 62.0 Å². The van der Waals surface area contributed by atoms with Gasteiger partial charge in [-0.1, -0.05) is 6.07 Å². The molecule has 0 aliphatic carbocycles. The third-order valence-electron chi connectivity index (χ3n) is 6.59. The van der Waals surface area contributed by atoms with Gasteiger partial charge >= 0.3 is 0 Å². The van der Waals surface area contributed by atoms with Crippen molar-refractivity contribution in [2.45, 2.75) is 25.9 Å². The predicted octanol–water partition coefficient (Wildman–Crippen LogP) is 4.74. The SMILES string of the molecule is Cc1ccc(NC(=O)c2ccnc(C(C)(F)F)c2)cc1-c1cc(C2COCCO2)nc(N2CCOCC2)c1. The van der Waals surface area contributed by atoms with Gasteiger partial charge in [0.2, 0.25) is 0 Å². The zero-order chi connectivity index (χ0) is 26.7. The monoisotopic (exact) mass is 524 g/mol. The molecule has 0 saturated carbocycles. The van der Waals surface area contributed by atoms with Gasteiger partial charge in [0.05, 0.1) is 38.7 Å². The highest BCUT2D eigenvalue weighted by molar-refractivity contribution is 6.04. The number of rotatable bonds is 6. The lowest BCUT2D eigenvalue weighted by atomic mass is 9.98. The van der Waals surface area contributed by atoms with E-state index in [0.717, 1.165) is 54.3 Å². The Morgan fingerprint density at radius 1 is 1.05 bits per heavy atom. The minimum atomic E-state index is -3.14. The average molecular weight is 525 g/mol. The Bertz CT molecular complexity index is 1270. The molecule has 38 heavy (non-hydrogen) atoms. The maximum atomic E-state index is 13.7. The summed E-state index contributed by atoms with van der Waals surface area (Å²) in [4.78, 5) is 23.7. The van der Waals surface area contributed by atoms with Gasteiger partial charge in [-0.05, 0) is 60.0 Å². The molecule has 1 amide bonds. The number of aryl methyl sites for hydroxylation is 1. The molecule has 10 heteroatoms. The second-order valence-corrected chi connectivity index (χ2v) is 9.47. The van der Waals surface area contributed by atoms with Gasteiger partial charge in [0.25, 0.3) is 11.8 Å². The molecular formula is C28H30F2N4O4. The molecule has 2 fully saturated rings. The van der Waals surface area contributed by atoms with Gasteiger partial charge in [-0.25, -0.2) is 4.98 Å². The summed E-state index contributed by atoms with van der Waals surface area (Å²) in [5.74, 6) is -2.81. The van der Waals surface area contributed by atoms with Crippen LogP contribution in [0.4, 0.5) is 20.3 Å². The van der Waals surface area contributed by atoms with E-state index in [1.54, 1.807) is 6.07 Å². The summed E-state index contributed by atoms with van der Waals surface area (Å²) in [7, 11) is 0. The molecule has 5 rings (SSSR count). The van der Waals surface area contributed by atoms with Crippen LogP contribution < -0.4 is 10.2 Å². The number of hydrogen-bond acceptors (Lipinski definition) is 7. The maximum absolute atomic E-state index is 13.7. The number of carbonyl (C=O) groups excluding carboxylic acids is 1. The minimum absolute atomic E-state index is 0.105. The highest BCUT2D eigenvalue weighted by atomic mass is 19.3. The molecule has 1 N–H and O–H groups in total. The number of hydrogen-bond donors (Lipinski definition) is 1. The van der Waals surface area contributed by atoms with E-state index >= 15 is 0 Å². The Labute approximate surface area is 219 Å². The normalized spacial score (nSPS) is 18.3. The van der Waals surface area contributed by atoms with Crippen LogP contribution >= 0.6 is 0 Å². The van der Waals surface area contributed by atoms with Gasteiger partial charge in [-0.15, -0.1) is 0 Å². The van der Waals surface area contributed by atoms with Gasteiger partial charge in [0, 0.05) is 37.5 Å². The Morgan fingerprint density at radius 3 is 2.61 bits per heavy atom. The number of alkyl halides is 2. The number of benzene rings is 1. The maximum Gasteiger partial charge on any atom is 0.286 e. The van der Waals surface area contributed by atoms with Crippen molar-refractivity contribution in [2.75, 3.05) is 56.3 Å². The lowest BCUT2D eigenvalue weighted by Gasteiger charge is -2.30. The van der Waals surface area contributed by atoms with Crippen molar-refractivity contribution in [2.24, 2.45) is 0 Å². The number of ether oxygens (including phenoxy) is 3. The van der Waals surface area contributed by atoms with Crippen LogP contribution in [-0.2, 0) is 20.1 Å². The van der Waals surface area contributed by atoms with Gasteiger partial charge < -0.3 is 24.4 Å². The number of carbonyl (C=O) groups is 1. The molecule has 1 atom stereocenters. The van der Waals surface area contributed by atoms with Crippen molar-refractivity contribution in [1.82, 2.24) is 9.97 Å². The first-order chi connectivity index (χ1) is 18.3. The Kier molecular flexibility index (Phi) is 7.64. The summed E-state index contributed by atoms with van der Waals surface area (Å²) >= 11 is 0. The van der Waals surface area contributed by atoms with Crippen LogP contribution in [0.5, 0.6) is 0 Å². The van der Waals surface area contributed by atoms with E-state index in [9.17, 15) is 13.6 Å². The van der Waals surface area contributed by atoms with E-state index in [1.165, 1.54) is 12.3 Å². The summed E-state index contributed by atoms with van der Waals surface area (Å²) in [6, 6.07) is 12.1. The minimum Gasteiger partial charge on any atom is -0.378 e. The van der Waals surface area contributed by atoms with Crippen LogP contribution in [0, 0.1) is 6.92 Å². The molecule has 2 saturated heterocycles. The van der Waals surface area contributed by atoms with E-state index < -0.39 is 17.5 Å². The summed E-state index contributed by atoms with van der Waals surface area (Å²) in [5, 5.41) is 2.83. The van der Waals surface area contributed by atoms with Crippen LogP contribution in [0.15, 0.2) is 48.7 Å². The first kappa shape index (κ1) is 26.1. The fourth-order valence-electron chi connectivity index (χ4n) is 4.50. The Morgan fingerprint density at radius 2 is 1.87 bits per heavy atom. The van der Waals surface area contributed by atoms with Crippen molar-refractivity contribution in [3.05, 3.63) is 71.2 Å². The average Bonchev–Trinajstić information content (AvgIpc) is 2.94. The van der Waals surface area contributed by atoms with Crippen molar-refractivity contribution in [3.8, 4) is 11.1 Å². The van der Waals surface area contributed by atoms with Crippen molar-refractivity contribution in [1.29, 1.82) is 0 Å². The molecule has 0 radical (unpaired) electrons. The second-order valence-electron chi connectivity index (χ2n) is 9.47. The molecule has 2 aliphatic heterocycles. The molecule has 1 unspecified atom stereocenters. The third-order valence-corrected chi connectivity index (χ3v) is 6.59. The van der Waals surface area contributed by atoms with E-state index in [-0.39, 0.29) is 11.7 Å². The number of nitrogens with one attached hydrogen (secondary N) is 1. The number of anilines is 2. The topological polar surface area (TPSA) is 85.8 Å². The zero-order valence-electron chi connectivity index (χ0n) is 21.4. The van der Waals surface area contributed by atoms with E-state index in [2.05, 4.69) is 15.2 Å². The number of aromatic nitrogens is 2. The molecular weight excluding hydrogens is 494 g/mol. The van der Waals surface area contributed by atoms with Gasteiger partial charge in [0.15, 0.2) is 0 Å². The quantitative estimate of drug-likeness (QED) is 0.499. The van der Waals surface area contributed by atoms with Gasteiger partial charge in [0.1, 0.15) is 17.6 Å². The smallest absolute Gasteiger partial charge is 0.286 e. The van der Waals surface area contributed by atoms with Crippen molar-refractivity contribution in [3.63, 3.8) is 0 Å². The predicted molar refractivity (Wildman–Crippen MR) is 139 cm³/mol. The molecule has 8 nitrogen and oxygen atoms in total. The van der Waals surface area contributed by atoms with Crippen molar-refractivity contribution >= 4 is 17.4 Å². The Hall–Kier alpha value is -3.47. The number of morpholine rings is 1. The summed E-state index contributed by atoms with van der Waals surface area (Å²) < 4.78 is 44.5. The van der Waals surface area contributed by atoms with Crippen LogP contribution in [0.3, 0.4) is 0 Å². The van der Waals surface area contributed by atoms with E-state index in [0.29, 0.717) is 38.7 Å². The second kappa shape index (κ2) is 11.1. The highest BCUT2D eigenvalue weighted by Gasteiger charge is 2.27. The van der Waals surface area contributed by atoms with E-state index in [4.69, 9.17) is 19.2 Å². The van der Waals surface area contributed by atoms with Gasteiger partial charge in [-0.3, -0.25) is 9.78 Å². The molecule has 4 heterocycles.